The minimum absolute atomic E-state index is 0.277. The Balaban J connectivity index is 2.20. The molecule has 0 aromatic heterocycles. The first-order valence-corrected chi connectivity index (χ1v) is 9.20. The van der Waals surface area contributed by atoms with Gasteiger partial charge in [0.15, 0.2) is 0 Å². The highest BCUT2D eigenvalue weighted by Gasteiger charge is 2.20. The lowest BCUT2D eigenvalue weighted by Gasteiger charge is -2.17. The third-order valence-electron chi connectivity index (χ3n) is 3.71. The summed E-state index contributed by atoms with van der Waals surface area (Å²) in [5, 5.41) is 0. The van der Waals surface area contributed by atoms with Crippen LogP contribution in [0.15, 0.2) is 53.4 Å². The number of sulfonamides is 1. The van der Waals surface area contributed by atoms with Gasteiger partial charge < -0.3 is 4.74 Å². The number of methoxy groups -OCH3 is 1. The van der Waals surface area contributed by atoms with Crippen LogP contribution in [-0.4, -0.2) is 15.5 Å². The number of hydrogen-bond donors (Lipinski definition) is 1. The number of hydrogen-bond acceptors (Lipinski definition) is 3. The van der Waals surface area contributed by atoms with Crippen LogP contribution in [0.5, 0.6) is 5.75 Å². The van der Waals surface area contributed by atoms with Crippen molar-refractivity contribution in [3.05, 3.63) is 59.7 Å². The lowest BCUT2D eigenvalue weighted by atomic mass is 10.1. The zero-order valence-corrected chi connectivity index (χ0v) is 14.6. The molecule has 5 heteroatoms. The van der Waals surface area contributed by atoms with E-state index in [0.29, 0.717) is 5.75 Å². The van der Waals surface area contributed by atoms with E-state index in [-0.39, 0.29) is 10.9 Å². The van der Waals surface area contributed by atoms with Crippen molar-refractivity contribution in [3.8, 4) is 5.75 Å². The Kier molecular flexibility index (Phi) is 5.80. The molecule has 0 aliphatic carbocycles. The van der Waals surface area contributed by atoms with E-state index in [4.69, 9.17) is 4.74 Å². The van der Waals surface area contributed by atoms with Gasteiger partial charge in [-0.1, -0.05) is 43.7 Å². The van der Waals surface area contributed by atoms with E-state index in [1.165, 1.54) is 0 Å². The average Bonchev–Trinajstić information content (AvgIpc) is 2.55. The summed E-state index contributed by atoms with van der Waals surface area (Å²) in [7, 11) is -1.99. The quantitative estimate of drug-likeness (QED) is 0.841. The summed E-state index contributed by atoms with van der Waals surface area (Å²) in [6.45, 7) is 3.90. The molecule has 1 N–H and O–H groups in total. The van der Waals surface area contributed by atoms with E-state index in [1.807, 2.05) is 36.4 Å². The van der Waals surface area contributed by atoms with Gasteiger partial charge in [-0.05, 0) is 37.1 Å². The SMILES string of the molecule is CCCc1ccc(S(=O)(=O)NC(C)c2ccccc2OC)cc1. The Bertz CT molecular complexity index is 739. The Morgan fingerprint density at radius 1 is 1.09 bits per heavy atom. The van der Waals surface area contributed by atoms with Gasteiger partial charge in [0.2, 0.25) is 10.0 Å². The van der Waals surface area contributed by atoms with Gasteiger partial charge in [-0.25, -0.2) is 13.1 Å². The molecule has 0 aliphatic heterocycles. The molecule has 124 valence electrons. The van der Waals surface area contributed by atoms with Crippen LogP contribution in [-0.2, 0) is 16.4 Å². The molecule has 2 rings (SSSR count). The second-order valence-corrected chi connectivity index (χ2v) is 7.19. The molecule has 0 bridgehead atoms. The zero-order valence-electron chi connectivity index (χ0n) is 13.7. The van der Waals surface area contributed by atoms with Crippen molar-refractivity contribution in [1.82, 2.24) is 4.72 Å². The Labute approximate surface area is 138 Å². The molecule has 1 unspecified atom stereocenters. The molecule has 0 heterocycles. The summed E-state index contributed by atoms with van der Waals surface area (Å²) in [5.74, 6) is 0.668. The first kappa shape index (κ1) is 17.5. The Hall–Kier alpha value is -1.85. The largest absolute Gasteiger partial charge is 0.496 e. The van der Waals surface area contributed by atoms with Gasteiger partial charge in [0.05, 0.1) is 12.0 Å². The number of aryl methyl sites for hydroxylation is 1. The van der Waals surface area contributed by atoms with Crippen molar-refractivity contribution in [1.29, 1.82) is 0 Å². The fourth-order valence-electron chi connectivity index (χ4n) is 2.51. The predicted octanol–water partition coefficient (Wildman–Crippen LogP) is 3.69. The molecule has 1 atom stereocenters. The summed E-state index contributed by atoms with van der Waals surface area (Å²) in [4.78, 5) is 0.277. The molecule has 2 aromatic rings. The summed E-state index contributed by atoms with van der Waals surface area (Å²) in [6, 6.07) is 14.1. The van der Waals surface area contributed by atoms with Crippen molar-refractivity contribution in [2.45, 2.75) is 37.6 Å². The second kappa shape index (κ2) is 7.62. The van der Waals surface area contributed by atoms with Gasteiger partial charge in [-0.3, -0.25) is 0 Å². The number of nitrogens with one attached hydrogen (secondary N) is 1. The van der Waals surface area contributed by atoms with Crippen LogP contribution in [0.25, 0.3) is 0 Å². The molecular weight excluding hydrogens is 310 g/mol. The predicted molar refractivity (Wildman–Crippen MR) is 92.2 cm³/mol. The van der Waals surface area contributed by atoms with E-state index in [2.05, 4.69) is 11.6 Å². The van der Waals surface area contributed by atoms with Crippen LogP contribution in [0.3, 0.4) is 0 Å². The van der Waals surface area contributed by atoms with Crippen molar-refractivity contribution in [2.24, 2.45) is 0 Å². The van der Waals surface area contributed by atoms with Crippen molar-refractivity contribution < 1.29 is 13.2 Å². The monoisotopic (exact) mass is 333 g/mol. The molecule has 23 heavy (non-hydrogen) atoms. The van der Waals surface area contributed by atoms with Crippen LogP contribution in [0.1, 0.15) is 37.4 Å². The van der Waals surface area contributed by atoms with Crippen molar-refractivity contribution in [3.63, 3.8) is 0 Å². The van der Waals surface area contributed by atoms with E-state index in [0.717, 1.165) is 24.0 Å². The van der Waals surface area contributed by atoms with Gasteiger partial charge >= 0.3 is 0 Å². The number of benzene rings is 2. The number of para-hydroxylation sites is 1. The maximum Gasteiger partial charge on any atom is 0.241 e. The number of rotatable bonds is 7. The molecule has 0 saturated heterocycles. The maximum absolute atomic E-state index is 12.5. The Morgan fingerprint density at radius 3 is 2.35 bits per heavy atom. The van der Waals surface area contributed by atoms with Crippen LogP contribution < -0.4 is 9.46 Å². The van der Waals surface area contributed by atoms with E-state index >= 15 is 0 Å². The maximum atomic E-state index is 12.5. The van der Waals surface area contributed by atoms with Gasteiger partial charge in [-0.2, -0.15) is 0 Å². The molecule has 0 aliphatic rings. The molecule has 0 saturated carbocycles. The molecular formula is C18H23NO3S. The summed E-state index contributed by atoms with van der Waals surface area (Å²) in [5.41, 5.74) is 1.95. The highest BCUT2D eigenvalue weighted by Crippen LogP contribution is 2.26. The molecule has 0 spiro atoms. The van der Waals surface area contributed by atoms with Gasteiger partial charge in [-0.15, -0.1) is 0 Å². The summed E-state index contributed by atoms with van der Waals surface area (Å²) < 4.78 is 33.1. The standard InChI is InChI=1S/C18H23NO3S/c1-4-7-15-10-12-16(13-11-15)23(20,21)19-14(2)17-8-5-6-9-18(17)22-3/h5-6,8-14,19H,4,7H2,1-3H3. The third kappa shape index (κ3) is 4.33. The van der Waals surface area contributed by atoms with E-state index in [1.54, 1.807) is 26.2 Å². The van der Waals surface area contributed by atoms with Crippen LogP contribution in [0, 0.1) is 0 Å². The zero-order chi connectivity index (χ0) is 16.9. The first-order valence-electron chi connectivity index (χ1n) is 7.72. The fraction of sp³-hybridized carbons (Fsp3) is 0.333. The number of ether oxygens (including phenoxy) is 1. The van der Waals surface area contributed by atoms with Gasteiger partial charge in [0, 0.05) is 11.6 Å². The molecule has 4 nitrogen and oxygen atoms in total. The minimum atomic E-state index is -3.57. The third-order valence-corrected chi connectivity index (χ3v) is 5.27. The van der Waals surface area contributed by atoms with Gasteiger partial charge in [0.1, 0.15) is 5.75 Å². The highest BCUT2D eigenvalue weighted by atomic mass is 32.2. The van der Waals surface area contributed by atoms with Gasteiger partial charge in [0.25, 0.3) is 0 Å². The fourth-order valence-corrected chi connectivity index (χ4v) is 3.74. The van der Waals surface area contributed by atoms with E-state index in [9.17, 15) is 8.42 Å². The summed E-state index contributed by atoms with van der Waals surface area (Å²) >= 11 is 0. The first-order chi connectivity index (χ1) is 11.0. The van der Waals surface area contributed by atoms with E-state index < -0.39 is 10.0 Å². The smallest absolute Gasteiger partial charge is 0.241 e. The minimum Gasteiger partial charge on any atom is -0.496 e. The van der Waals surface area contributed by atoms with Crippen LogP contribution in [0.2, 0.25) is 0 Å². The average molecular weight is 333 g/mol. The highest BCUT2D eigenvalue weighted by molar-refractivity contribution is 7.89. The lowest BCUT2D eigenvalue weighted by Crippen LogP contribution is -2.27. The lowest BCUT2D eigenvalue weighted by molar-refractivity contribution is 0.405. The molecule has 0 amide bonds. The van der Waals surface area contributed by atoms with Crippen LogP contribution >= 0.6 is 0 Å². The van der Waals surface area contributed by atoms with Crippen LogP contribution in [0.4, 0.5) is 0 Å². The summed E-state index contributed by atoms with van der Waals surface area (Å²) in [6.07, 6.45) is 1.99. The Morgan fingerprint density at radius 2 is 1.74 bits per heavy atom. The molecule has 2 aromatic carbocycles. The normalized spacial score (nSPS) is 12.8. The second-order valence-electron chi connectivity index (χ2n) is 5.48. The van der Waals surface area contributed by atoms with Crippen molar-refractivity contribution >= 4 is 10.0 Å². The topological polar surface area (TPSA) is 55.4 Å². The molecule has 0 radical (unpaired) electrons. The van der Waals surface area contributed by atoms with Crippen molar-refractivity contribution in [2.75, 3.05) is 7.11 Å². The molecule has 0 fully saturated rings.